The van der Waals surface area contributed by atoms with Crippen LogP contribution in [0.2, 0.25) is 0 Å². The maximum atomic E-state index is 12.4. The first-order valence-corrected chi connectivity index (χ1v) is 9.47. The van der Waals surface area contributed by atoms with Gasteiger partial charge in [-0.25, -0.2) is 0 Å². The van der Waals surface area contributed by atoms with Gasteiger partial charge in [0.15, 0.2) is 0 Å². The minimum atomic E-state index is 0.0338. The largest absolute Gasteiger partial charge is 0.345 e. The molecule has 0 aliphatic heterocycles. The molecule has 0 radical (unpaired) electrons. The van der Waals surface area contributed by atoms with E-state index in [4.69, 9.17) is 0 Å². The Bertz CT molecular complexity index is 930. The average Bonchev–Trinajstić information content (AvgIpc) is 2.91. The Morgan fingerprint density at radius 1 is 1.22 bits per heavy atom. The number of benzene rings is 1. The van der Waals surface area contributed by atoms with Crippen molar-refractivity contribution in [1.29, 1.82) is 0 Å². The summed E-state index contributed by atoms with van der Waals surface area (Å²) in [5.41, 5.74) is 5.65. The number of nitrogens with zero attached hydrogens (tertiary/aromatic N) is 3. The molecule has 0 unspecified atom stereocenters. The third kappa shape index (κ3) is 4.37. The summed E-state index contributed by atoms with van der Waals surface area (Å²) < 4.78 is 2.31. The van der Waals surface area contributed by atoms with E-state index >= 15 is 0 Å². The van der Waals surface area contributed by atoms with E-state index in [1.54, 1.807) is 6.20 Å². The summed E-state index contributed by atoms with van der Waals surface area (Å²) in [4.78, 5) is 18.8. The fourth-order valence-corrected chi connectivity index (χ4v) is 3.50. The highest BCUT2D eigenvalue weighted by atomic mass is 16.1. The number of nitrogens with one attached hydrogen (secondary N) is 1. The van der Waals surface area contributed by atoms with Crippen LogP contribution < -0.4 is 5.32 Å². The van der Waals surface area contributed by atoms with Crippen molar-refractivity contribution in [3.05, 3.63) is 59.5 Å². The minimum Gasteiger partial charge on any atom is -0.345 e. The molecule has 0 fully saturated rings. The zero-order chi connectivity index (χ0) is 19.4. The van der Waals surface area contributed by atoms with Gasteiger partial charge < -0.3 is 14.8 Å². The van der Waals surface area contributed by atoms with Crippen molar-refractivity contribution in [2.75, 3.05) is 18.9 Å². The monoisotopic (exact) mass is 364 g/mol. The smallest absolute Gasteiger partial charge is 0.225 e. The SMILES string of the molecule is CCn1c(C)c(C)c2cc(NC(=O)CCN(C)Cc3ccccn3)ccc21. The van der Waals surface area contributed by atoms with Gasteiger partial charge in [0.25, 0.3) is 0 Å². The number of hydrogen-bond donors (Lipinski definition) is 1. The number of rotatable bonds is 7. The topological polar surface area (TPSA) is 50.2 Å². The lowest BCUT2D eigenvalue weighted by molar-refractivity contribution is -0.116. The van der Waals surface area contributed by atoms with Crippen LogP contribution in [0.25, 0.3) is 10.9 Å². The number of fused-ring (bicyclic) bond motifs is 1. The van der Waals surface area contributed by atoms with Gasteiger partial charge in [-0.05, 0) is 63.7 Å². The molecule has 0 saturated carbocycles. The number of hydrogen-bond acceptors (Lipinski definition) is 3. The van der Waals surface area contributed by atoms with Gasteiger partial charge in [-0.2, -0.15) is 0 Å². The standard InChI is InChI=1S/C22H28N4O/c1-5-26-17(3)16(2)20-14-18(9-10-21(20)26)24-22(27)11-13-25(4)15-19-8-6-7-12-23-19/h6-10,12,14H,5,11,13,15H2,1-4H3,(H,24,27). The number of aromatic nitrogens is 2. The van der Waals surface area contributed by atoms with Gasteiger partial charge >= 0.3 is 0 Å². The molecule has 3 aromatic rings. The Kier molecular flexibility index (Phi) is 5.91. The minimum absolute atomic E-state index is 0.0338. The third-order valence-electron chi connectivity index (χ3n) is 5.12. The summed E-state index contributed by atoms with van der Waals surface area (Å²) in [6.45, 7) is 8.82. The molecule has 2 aromatic heterocycles. The lowest BCUT2D eigenvalue weighted by Crippen LogP contribution is -2.24. The second-order valence-electron chi connectivity index (χ2n) is 7.04. The molecule has 2 heterocycles. The third-order valence-corrected chi connectivity index (χ3v) is 5.12. The highest BCUT2D eigenvalue weighted by molar-refractivity contribution is 5.95. The molecule has 3 rings (SSSR count). The molecule has 0 saturated heterocycles. The molecule has 0 atom stereocenters. The van der Waals surface area contributed by atoms with Crippen LogP contribution in [-0.4, -0.2) is 34.0 Å². The van der Waals surface area contributed by atoms with E-state index in [-0.39, 0.29) is 5.91 Å². The fraction of sp³-hybridized carbons (Fsp3) is 0.364. The quantitative estimate of drug-likeness (QED) is 0.686. The van der Waals surface area contributed by atoms with E-state index in [0.717, 1.165) is 24.5 Å². The van der Waals surface area contributed by atoms with Crippen LogP contribution >= 0.6 is 0 Å². The van der Waals surface area contributed by atoms with Crippen LogP contribution in [0.5, 0.6) is 0 Å². The molecule has 0 aliphatic rings. The first kappa shape index (κ1) is 19.1. The van der Waals surface area contributed by atoms with Crippen molar-refractivity contribution in [2.24, 2.45) is 0 Å². The van der Waals surface area contributed by atoms with Crippen LogP contribution in [0.15, 0.2) is 42.6 Å². The Morgan fingerprint density at radius 2 is 2.04 bits per heavy atom. The molecule has 1 amide bonds. The van der Waals surface area contributed by atoms with Crippen molar-refractivity contribution < 1.29 is 4.79 Å². The number of amides is 1. The number of carbonyl (C=O) groups is 1. The molecule has 27 heavy (non-hydrogen) atoms. The number of anilines is 1. The summed E-state index contributed by atoms with van der Waals surface area (Å²) in [5.74, 6) is 0.0338. The summed E-state index contributed by atoms with van der Waals surface area (Å²) in [6.07, 6.45) is 2.25. The van der Waals surface area contributed by atoms with E-state index in [9.17, 15) is 4.79 Å². The second kappa shape index (κ2) is 8.35. The molecular weight excluding hydrogens is 336 g/mol. The van der Waals surface area contributed by atoms with E-state index in [1.165, 1.54) is 22.2 Å². The molecule has 1 aromatic carbocycles. The van der Waals surface area contributed by atoms with Crippen molar-refractivity contribution in [2.45, 2.75) is 40.3 Å². The molecule has 1 N–H and O–H groups in total. The first-order chi connectivity index (χ1) is 13.0. The summed E-state index contributed by atoms with van der Waals surface area (Å²) >= 11 is 0. The van der Waals surface area contributed by atoms with Gasteiger partial charge in [0.05, 0.1) is 5.69 Å². The highest BCUT2D eigenvalue weighted by Crippen LogP contribution is 2.27. The molecule has 0 aliphatic carbocycles. The van der Waals surface area contributed by atoms with Crippen LogP contribution in [0.4, 0.5) is 5.69 Å². The Labute approximate surface area is 161 Å². The molecule has 142 valence electrons. The lowest BCUT2D eigenvalue weighted by Gasteiger charge is -2.15. The zero-order valence-corrected chi connectivity index (χ0v) is 16.6. The summed E-state index contributed by atoms with van der Waals surface area (Å²) in [5, 5.41) is 4.24. The van der Waals surface area contributed by atoms with Gasteiger partial charge in [0.1, 0.15) is 0 Å². The van der Waals surface area contributed by atoms with E-state index in [0.29, 0.717) is 13.0 Å². The Morgan fingerprint density at radius 3 is 2.74 bits per heavy atom. The van der Waals surface area contributed by atoms with Gasteiger partial charge in [-0.15, -0.1) is 0 Å². The van der Waals surface area contributed by atoms with Crippen LogP contribution in [0.1, 0.15) is 30.3 Å². The molecule has 5 heteroatoms. The van der Waals surface area contributed by atoms with E-state index in [1.807, 2.05) is 31.3 Å². The molecular formula is C22H28N4O. The number of aryl methyl sites for hydroxylation is 2. The number of pyridine rings is 1. The van der Waals surface area contributed by atoms with Crippen molar-refractivity contribution in [1.82, 2.24) is 14.5 Å². The van der Waals surface area contributed by atoms with Gasteiger partial charge in [-0.3, -0.25) is 9.78 Å². The van der Waals surface area contributed by atoms with E-state index < -0.39 is 0 Å². The maximum Gasteiger partial charge on any atom is 0.225 e. The second-order valence-corrected chi connectivity index (χ2v) is 7.04. The predicted molar refractivity (Wildman–Crippen MR) is 111 cm³/mol. The summed E-state index contributed by atoms with van der Waals surface area (Å²) in [6, 6.07) is 12.1. The molecule has 0 spiro atoms. The van der Waals surface area contributed by atoms with Crippen LogP contribution in [0, 0.1) is 13.8 Å². The average molecular weight is 364 g/mol. The molecule has 5 nitrogen and oxygen atoms in total. The first-order valence-electron chi connectivity index (χ1n) is 9.47. The van der Waals surface area contributed by atoms with Crippen LogP contribution in [-0.2, 0) is 17.9 Å². The van der Waals surface area contributed by atoms with Crippen molar-refractivity contribution >= 4 is 22.5 Å². The van der Waals surface area contributed by atoms with Crippen molar-refractivity contribution in [3.8, 4) is 0 Å². The zero-order valence-electron chi connectivity index (χ0n) is 16.6. The van der Waals surface area contributed by atoms with Gasteiger partial charge in [0.2, 0.25) is 5.91 Å². The maximum absolute atomic E-state index is 12.4. The predicted octanol–water partition coefficient (Wildman–Crippen LogP) is 4.13. The van der Waals surface area contributed by atoms with Crippen LogP contribution in [0.3, 0.4) is 0 Å². The number of carbonyl (C=O) groups excluding carboxylic acids is 1. The lowest BCUT2D eigenvalue weighted by atomic mass is 10.1. The normalized spacial score (nSPS) is 11.3. The fourth-order valence-electron chi connectivity index (χ4n) is 3.50. The molecule has 0 bridgehead atoms. The van der Waals surface area contributed by atoms with Gasteiger partial charge in [-0.1, -0.05) is 6.07 Å². The van der Waals surface area contributed by atoms with Crippen molar-refractivity contribution in [3.63, 3.8) is 0 Å². The Hall–Kier alpha value is -2.66. The van der Waals surface area contributed by atoms with Gasteiger partial charge in [0, 0.05) is 54.5 Å². The summed E-state index contributed by atoms with van der Waals surface area (Å²) in [7, 11) is 2.01. The Balaban J connectivity index is 1.60. The van der Waals surface area contributed by atoms with E-state index in [2.05, 4.69) is 52.7 Å². The highest BCUT2D eigenvalue weighted by Gasteiger charge is 2.12.